The number of carboxylic acids is 1. The molecule has 1 N–H and O–H groups in total. The summed E-state index contributed by atoms with van der Waals surface area (Å²) in [7, 11) is 0. The van der Waals surface area contributed by atoms with Gasteiger partial charge in [-0.05, 0) is 24.3 Å². The molecule has 0 saturated heterocycles. The number of hydrogen-bond donors (Lipinski definition) is 1. The number of carboxylic acid groups (broad SMARTS) is 1. The number of carbonyl (C=O) groups is 1. The number of rotatable bonds is 2. The fourth-order valence-corrected chi connectivity index (χ4v) is 1.88. The van der Waals surface area contributed by atoms with Gasteiger partial charge in [-0.3, -0.25) is 0 Å². The van der Waals surface area contributed by atoms with Gasteiger partial charge >= 0.3 is 11.6 Å². The number of halogens is 2. The zero-order valence-corrected chi connectivity index (χ0v) is 10.3. The second kappa shape index (κ2) is 4.84. The fourth-order valence-electron chi connectivity index (χ4n) is 1.49. The fraction of sp³-hybridized carbons (Fsp3) is 0. The highest BCUT2D eigenvalue weighted by Crippen LogP contribution is 2.32. The molecule has 92 valence electrons. The van der Waals surface area contributed by atoms with Gasteiger partial charge in [0.2, 0.25) is 5.76 Å². The molecule has 18 heavy (non-hydrogen) atoms. The highest BCUT2D eigenvalue weighted by molar-refractivity contribution is 6.35. The number of aromatic carboxylic acids is 1. The predicted molar refractivity (Wildman–Crippen MR) is 67.4 cm³/mol. The topological polar surface area (TPSA) is 67.5 Å². The van der Waals surface area contributed by atoms with E-state index in [0.29, 0.717) is 15.6 Å². The molecule has 0 fully saturated rings. The Balaban J connectivity index is 2.74. The van der Waals surface area contributed by atoms with E-state index in [4.69, 9.17) is 28.3 Å². The van der Waals surface area contributed by atoms with Crippen molar-refractivity contribution < 1.29 is 14.3 Å². The van der Waals surface area contributed by atoms with E-state index in [2.05, 4.69) is 4.42 Å². The average Bonchev–Trinajstić information content (AvgIpc) is 2.32. The van der Waals surface area contributed by atoms with Gasteiger partial charge in [-0.15, -0.1) is 0 Å². The Hall–Kier alpha value is -1.78. The largest absolute Gasteiger partial charge is 0.475 e. The Morgan fingerprint density at radius 2 is 1.83 bits per heavy atom. The maximum Gasteiger partial charge on any atom is 0.372 e. The van der Waals surface area contributed by atoms with Crippen LogP contribution in [0.5, 0.6) is 0 Å². The van der Waals surface area contributed by atoms with Crippen molar-refractivity contribution in [1.29, 1.82) is 0 Å². The molecule has 0 amide bonds. The summed E-state index contributed by atoms with van der Waals surface area (Å²) in [6.45, 7) is 0. The number of benzene rings is 1. The van der Waals surface area contributed by atoms with Gasteiger partial charge in [0.15, 0.2) is 0 Å². The second-order valence-electron chi connectivity index (χ2n) is 3.43. The van der Waals surface area contributed by atoms with Gasteiger partial charge in [-0.1, -0.05) is 23.2 Å². The van der Waals surface area contributed by atoms with Gasteiger partial charge in [0.25, 0.3) is 0 Å². The molecule has 1 aromatic heterocycles. The van der Waals surface area contributed by atoms with E-state index >= 15 is 0 Å². The molecule has 6 heteroatoms. The first-order valence-electron chi connectivity index (χ1n) is 4.82. The molecule has 0 saturated carbocycles. The van der Waals surface area contributed by atoms with Crippen LogP contribution >= 0.6 is 23.2 Å². The third-order valence-corrected chi connectivity index (χ3v) is 2.81. The van der Waals surface area contributed by atoms with Crippen molar-refractivity contribution in [2.45, 2.75) is 0 Å². The summed E-state index contributed by atoms with van der Waals surface area (Å²) in [4.78, 5) is 22.1. The monoisotopic (exact) mass is 284 g/mol. The van der Waals surface area contributed by atoms with Crippen LogP contribution in [0.3, 0.4) is 0 Å². The van der Waals surface area contributed by atoms with Gasteiger partial charge in [-0.25, -0.2) is 9.59 Å². The Labute approximate surface area is 111 Å². The summed E-state index contributed by atoms with van der Waals surface area (Å²) in [6, 6.07) is 7.08. The van der Waals surface area contributed by atoms with Crippen LogP contribution in [0.25, 0.3) is 11.1 Å². The van der Waals surface area contributed by atoms with Crippen LogP contribution in [0.1, 0.15) is 10.6 Å². The first-order chi connectivity index (χ1) is 8.49. The zero-order chi connectivity index (χ0) is 13.3. The number of hydrogen-bond acceptors (Lipinski definition) is 3. The molecule has 1 heterocycles. The highest BCUT2D eigenvalue weighted by atomic mass is 35.5. The molecule has 0 bridgehead atoms. The van der Waals surface area contributed by atoms with Crippen LogP contribution < -0.4 is 5.63 Å². The molecule has 0 unspecified atom stereocenters. The predicted octanol–water partition coefficient (Wildman–Crippen LogP) is 3.31. The smallest absolute Gasteiger partial charge is 0.372 e. The van der Waals surface area contributed by atoms with Crippen LogP contribution in [0, 0.1) is 0 Å². The van der Waals surface area contributed by atoms with Crippen molar-refractivity contribution in [2.24, 2.45) is 0 Å². The van der Waals surface area contributed by atoms with Crippen molar-refractivity contribution in [3.8, 4) is 11.1 Å². The quantitative estimate of drug-likeness (QED) is 0.919. The van der Waals surface area contributed by atoms with E-state index in [1.807, 2.05) is 0 Å². The lowest BCUT2D eigenvalue weighted by molar-refractivity contribution is 0.0658. The van der Waals surface area contributed by atoms with E-state index < -0.39 is 17.4 Å². The third-order valence-electron chi connectivity index (χ3n) is 2.25. The summed E-state index contributed by atoms with van der Waals surface area (Å²) in [5.74, 6) is -1.81. The molecule has 0 atom stereocenters. The lowest BCUT2D eigenvalue weighted by Gasteiger charge is -2.06. The molecule has 2 rings (SSSR count). The normalized spacial score (nSPS) is 10.3. The minimum atomic E-state index is -1.35. The van der Waals surface area contributed by atoms with Gasteiger partial charge < -0.3 is 9.52 Å². The van der Waals surface area contributed by atoms with Crippen molar-refractivity contribution in [3.63, 3.8) is 0 Å². The Morgan fingerprint density at radius 3 is 2.50 bits per heavy atom. The maximum absolute atomic E-state index is 11.0. The average molecular weight is 285 g/mol. The van der Waals surface area contributed by atoms with Crippen molar-refractivity contribution >= 4 is 29.2 Å². The van der Waals surface area contributed by atoms with Crippen molar-refractivity contribution in [1.82, 2.24) is 0 Å². The SMILES string of the molecule is O=C(O)c1oc(=O)ccc1-c1cc(Cl)ccc1Cl. The summed E-state index contributed by atoms with van der Waals surface area (Å²) in [5.41, 5.74) is -0.144. The zero-order valence-electron chi connectivity index (χ0n) is 8.81. The van der Waals surface area contributed by atoms with Gasteiger partial charge in [0.05, 0.1) is 0 Å². The molecule has 0 aliphatic heterocycles. The summed E-state index contributed by atoms with van der Waals surface area (Å²) in [6.07, 6.45) is 0. The molecular formula is C12H6Cl2O4. The van der Waals surface area contributed by atoms with E-state index in [1.165, 1.54) is 18.2 Å². The summed E-state index contributed by atoms with van der Waals surface area (Å²) < 4.78 is 4.66. The first-order valence-corrected chi connectivity index (χ1v) is 5.57. The van der Waals surface area contributed by atoms with Crippen LogP contribution in [0.2, 0.25) is 10.0 Å². The molecular weight excluding hydrogens is 279 g/mol. The van der Waals surface area contributed by atoms with Crippen LogP contribution in [-0.2, 0) is 0 Å². The summed E-state index contributed by atoms with van der Waals surface area (Å²) in [5, 5.41) is 9.72. The maximum atomic E-state index is 11.0. The van der Waals surface area contributed by atoms with Crippen LogP contribution in [-0.4, -0.2) is 11.1 Å². The van der Waals surface area contributed by atoms with Crippen molar-refractivity contribution in [2.75, 3.05) is 0 Å². The van der Waals surface area contributed by atoms with E-state index in [9.17, 15) is 9.59 Å². The Kier molecular flexibility index (Phi) is 3.41. The van der Waals surface area contributed by atoms with E-state index in [0.717, 1.165) is 6.07 Å². The minimum Gasteiger partial charge on any atom is -0.475 e. The first kappa shape index (κ1) is 12.7. The van der Waals surface area contributed by atoms with Gasteiger partial charge in [-0.2, -0.15) is 0 Å². The molecule has 0 radical (unpaired) electrons. The second-order valence-corrected chi connectivity index (χ2v) is 4.27. The molecule has 0 aliphatic carbocycles. The van der Waals surface area contributed by atoms with Crippen LogP contribution in [0.15, 0.2) is 39.5 Å². The van der Waals surface area contributed by atoms with E-state index in [1.54, 1.807) is 6.07 Å². The van der Waals surface area contributed by atoms with Gasteiger partial charge in [0.1, 0.15) is 0 Å². The Bertz CT molecular complexity index is 676. The molecule has 2 aromatic rings. The lowest BCUT2D eigenvalue weighted by atomic mass is 10.1. The van der Waals surface area contributed by atoms with Crippen LogP contribution in [0.4, 0.5) is 0 Å². The third kappa shape index (κ3) is 2.39. The van der Waals surface area contributed by atoms with Crippen molar-refractivity contribution in [3.05, 3.63) is 56.6 Å². The molecule has 0 spiro atoms. The summed E-state index contributed by atoms with van der Waals surface area (Å²) >= 11 is 11.8. The highest BCUT2D eigenvalue weighted by Gasteiger charge is 2.17. The lowest BCUT2D eigenvalue weighted by Crippen LogP contribution is -2.06. The van der Waals surface area contributed by atoms with E-state index in [-0.39, 0.29) is 5.56 Å². The van der Waals surface area contributed by atoms with Gasteiger partial charge in [0, 0.05) is 27.2 Å². The molecule has 0 aliphatic rings. The standard InChI is InChI=1S/C12H6Cl2O4/c13-6-1-3-9(14)8(5-6)7-2-4-10(15)18-11(7)12(16)17/h1-5H,(H,16,17). The Morgan fingerprint density at radius 1 is 1.11 bits per heavy atom. The molecule has 1 aromatic carbocycles. The minimum absolute atomic E-state index is 0.203. The molecule has 4 nitrogen and oxygen atoms in total.